The van der Waals surface area contributed by atoms with Crippen LogP contribution in [0.25, 0.3) is 0 Å². The number of carbonyl (C=O) groups is 1. The Hall–Kier alpha value is -1.07. The summed E-state index contributed by atoms with van der Waals surface area (Å²) >= 11 is 0. The highest BCUT2D eigenvalue weighted by Gasteiger charge is 2.11. The summed E-state index contributed by atoms with van der Waals surface area (Å²) < 4.78 is 5.27. The van der Waals surface area contributed by atoms with Crippen molar-refractivity contribution in [2.75, 3.05) is 39.9 Å². The van der Waals surface area contributed by atoms with Gasteiger partial charge in [0.05, 0.1) is 13.2 Å². The predicted molar refractivity (Wildman–Crippen MR) is 67.2 cm³/mol. The Balaban J connectivity index is 2.39. The van der Waals surface area contributed by atoms with Crippen LogP contribution in [0.4, 0.5) is 0 Å². The summed E-state index contributed by atoms with van der Waals surface area (Å²) in [7, 11) is 1.75. The fourth-order valence-electron chi connectivity index (χ4n) is 1.77. The average molecular weight is 241 g/mol. The van der Waals surface area contributed by atoms with Crippen molar-refractivity contribution in [2.24, 2.45) is 5.73 Å². The summed E-state index contributed by atoms with van der Waals surface area (Å²) in [5.74, 6) is 0.109. The molecule has 0 unspecified atom stereocenters. The molecule has 0 aromatic rings. The molecule has 98 valence electrons. The van der Waals surface area contributed by atoms with Crippen molar-refractivity contribution in [3.63, 3.8) is 0 Å². The second-order valence-electron chi connectivity index (χ2n) is 4.35. The minimum atomic E-state index is 0.109. The predicted octanol–water partition coefficient (Wildman–Crippen LogP) is 0.377. The van der Waals surface area contributed by atoms with Gasteiger partial charge >= 0.3 is 0 Å². The molecule has 0 bridgehead atoms. The molecule has 17 heavy (non-hydrogen) atoms. The molecule has 5 heteroatoms. The van der Waals surface area contributed by atoms with Crippen LogP contribution in [-0.2, 0) is 9.53 Å². The Morgan fingerprint density at radius 2 is 2.12 bits per heavy atom. The van der Waals surface area contributed by atoms with E-state index in [0.29, 0.717) is 13.0 Å². The van der Waals surface area contributed by atoms with Gasteiger partial charge in [-0.2, -0.15) is 0 Å². The summed E-state index contributed by atoms with van der Waals surface area (Å²) in [6, 6.07) is 0. The zero-order valence-corrected chi connectivity index (χ0v) is 10.8. The van der Waals surface area contributed by atoms with Crippen LogP contribution in [0.1, 0.15) is 19.8 Å². The molecule has 1 aliphatic rings. The average Bonchev–Trinajstić information content (AvgIpc) is 2.30. The monoisotopic (exact) mass is 241 g/mol. The normalized spacial score (nSPS) is 18.1. The first-order valence-corrected chi connectivity index (χ1v) is 6.15. The summed E-state index contributed by atoms with van der Waals surface area (Å²) in [5, 5.41) is 0. The smallest absolute Gasteiger partial charge is 0.226 e. The standard InChI is InChI=1S/C12H23N3O2/c1-3-4-12(16)14(2)9-11(13)10-15-5-7-17-8-6-15/h9H,3-8,10,13H2,1-2H3/b11-9-. The molecular weight excluding hydrogens is 218 g/mol. The van der Waals surface area contributed by atoms with E-state index in [2.05, 4.69) is 4.90 Å². The SMILES string of the molecule is CCCC(=O)N(C)/C=C(\N)CN1CCOCC1. The molecule has 1 heterocycles. The number of morpholine rings is 1. The first kappa shape index (κ1) is 14.0. The van der Waals surface area contributed by atoms with E-state index in [1.165, 1.54) is 0 Å². The number of hydrogen-bond acceptors (Lipinski definition) is 4. The van der Waals surface area contributed by atoms with Crippen LogP contribution in [0.15, 0.2) is 11.9 Å². The number of carbonyl (C=O) groups excluding carboxylic acids is 1. The second-order valence-corrected chi connectivity index (χ2v) is 4.35. The largest absolute Gasteiger partial charge is 0.400 e. The van der Waals surface area contributed by atoms with Gasteiger partial charge in [0, 0.05) is 45.0 Å². The molecule has 1 saturated heterocycles. The maximum Gasteiger partial charge on any atom is 0.226 e. The summed E-state index contributed by atoms with van der Waals surface area (Å²) in [6.45, 7) is 6.03. The molecule has 0 saturated carbocycles. The van der Waals surface area contributed by atoms with E-state index in [-0.39, 0.29) is 5.91 Å². The molecule has 0 atom stereocenters. The Labute approximate surface area is 103 Å². The van der Waals surface area contributed by atoms with Crippen LogP contribution in [0, 0.1) is 0 Å². The third kappa shape index (κ3) is 5.19. The topological polar surface area (TPSA) is 58.8 Å². The Morgan fingerprint density at radius 1 is 1.47 bits per heavy atom. The van der Waals surface area contributed by atoms with Crippen LogP contribution in [-0.4, -0.2) is 55.6 Å². The summed E-state index contributed by atoms with van der Waals surface area (Å²) in [6.07, 6.45) is 3.16. The lowest BCUT2D eigenvalue weighted by molar-refractivity contribution is -0.127. The van der Waals surface area contributed by atoms with E-state index in [4.69, 9.17) is 10.5 Å². The number of nitrogens with zero attached hydrogens (tertiary/aromatic N) is 2. The number of amides is 1. The molecule has 0 aliphatic carbocycles. The van der Waals surface area contributed by atoms with Gasteiger partial charge in [-0.25, -0.2) is 0 Å². The fraction of sp³-hybridized carbons (Fsp3) is 0.750. The summed E-state index contributed by atoms with van der Waals surface area (Å²) in [4.78, 5) is 15.4. The van der Waals surface area contributed by atoms with Crippen molar-refractivity contribution < 1.29 is 9.53 Å². The van der Waals surface area contributed by atoms with Gasteiger partial charge in [0.2, 0.25) is 5.91 Å². The van der Waals surface area contributed by atoms with Crippen molar-refractivity contribution >= 4 is 5.91 Å². The van der Waals surface area contributed by atoms with Crippen LogP contribution >= 0.6 is 0 Å². The maximum absolute atomic E-state index is 11.6. The lowest BCUT2D eigenvalue weighted by Gasteiger charge is -2.27. The molecule has 0 aromatic heterocycles. The van der Waals surface area contributed by atoms with E-state index in [0.717, 1.165) is 38.4 Å². The Bertz CT molecular complexity index is 273. The minimum absolute atomic E-state index is 0.109. The van der Waals surface area contributed by atoms with E-state index >= 15 is 0 Å². The molecule has 1 amide bonds. The minimum Gasteiger partial charge on any atom is -0.400 e. The quantitative estimate of drug-likeness (QED) is 0.756. The van der Waals surface area contributed by atoms with E-state index < -0.39 is 0 Å². The van der Waals surface area contributed by atoms with Gasteiger partial charge in [0.25, 0.3) is 0 Å². The van der Waals surface area contributed by atoms with E-state index in [1.54, 1.807) is 18.1 Å². The fourth-order valence-corrected chi connectivity index (χ4v) is 1.77. The van der Waals surface area contributed by atoms with Crippen molar-refractivity contribution in [1.29, 1.82) is 0 Å². The molecule has 2 N–H and O–H groups in total. The molecule has 1 fully saturated rings. The molecule has 1 aliphatic heterocycles. The number of nitrogens with two attached hydrogens (primary N) is 1. The van der Waals surface area contributed by atoms with Gasteiger partial charge in [-0.1, -0.05) is 6.92 Å². The van der Waals surface area contributed by atoms with Gasteiger partial charge in [0.1, 0.15) is 0 Å². The molecule has 5 nitrogen and oxygen atoms in total. The second kappa shape index (κ2) is 7.29. The van der Waals surface area contributed by atoms with Crippen molar-refractivity contribution in [3.05, 3.63) is 11.9 Å². The van der Waals surface area contributed by atoms with Crippen LogP contribution < -0.4 is 5.73 Å². The first-order valence-electron chi connectivity index (χ1n) is 6.15. The van der Waals surface area contributed by atoms with Gasteiger partial charge < -0.3 is 15.4 Å². The van der Waals surface area contributed by atoms with Gasteiger partial charge in [0.15, 0.2) is 0 Å². The van der Waals surface area contributed by atoms with Gasteiger partial charge in [-0.15, -0.1) is 0 Å². The Morgan fingerprint density at radius 3 is 2.71 bits per heavy atom. The van der Waals surface area contributed by atoms with Crippen molar-refractivity contribution in [2.45, 2.75) is 19.8 Å². The van der Waals surface area contributed by atoms with Gasteiger partial charge in [-0.05, 0) is 6.42 Å². The van der Waals surface area contributed by atoms with Gasteiger partial charge in [-0.3, -0.25) is 9.69 Å². The van der Waals surface area contributed by atoms with E-state index in [1.807, 2.05) is 6.92 Å². The summed E-state index contributed by atoms with van der Waals surface area (Å²) in [5.41, 5.74) is 6.65. The molecule has 1 rings (SSSR count). The lowest BCUT2D eigenvalue weighted by atomic mass is 10.3. The highest BCUT2D eigenvalue weighted by Crippen LogP contribution is 2.01. The highest BCUT2D eigenvalue weighted by atomic mass is 16.5. The van der Waals surface area contributed by atoms with Crippen molar-refractivity contribution in [3.8, 4) is 0 Å². The molecule has 0 radical (unpaired) electrons. The number of ether oxygens (including phenoxy) is 1. The molecule has 0 spiro atoms. The molecule has 0 aromatic carbocycles. The zero-order chi connectivity index (χ0) is 12.7. The number of rotatable bonds is 5. The maximum atomic E-state index is 11.6. The van der Waals surface area contributed by atoms with Crippen LogP contribution in [0.3, 0.4) is 0 Å². The number of hydrogen-bond donors (Lipinski definition) is 1. The highest BCUT2D eigenvalue weighted by molar-refractivity contribution is 5.76. The third-order valence-corrected chi connectivity index (χ3v) is 2.73. The van der Waals surface area contributed by atoms with Crippen LogP contribution in [0.2, 0.25) is 0 Å². The molecular formula is C12H23N3O2. The van der Waals surface area contributed by atoms with Crippen LogP contribution in [0.5, 0.6) is 0 Å². The third-order valence-electron chi connectivity index (χ3n) is 2.73. The van der Waals surface area contributed by atoms with E-state index in [9.17, 15) is 4.79 Å². The first-order chi connectivity index (χ1) is 8.13. The zero-order valence-electron chi connectivity index (χ0n) is 10.8. The Kier molecular flexibility index (Phi) is 6.00. The van der Waals surface area contributed by atoms with Crippen molar-refractivity contribution in [1.82, 2.24) is 9.80 Å². The lowest BCUT2D eigenvalue weighted by Crippen LogP contribution is -2.39.